The molecule has 0 spiro atoms. The number of thiocarbonyl (C=S) groups is 1. The fourth-order valence-corrected chi connectivity index (χ4v) is 2.13. The molecule has 0 unspecified atom stereocenters. The van der Waals surface area contributed by atoms with E-state index >= 15 is 0 Å². The average Bonchev–Trinajstić information content (AvgIpc) is 2.41. The maximum absolute atomic E-state index is 11.0. The highest BCUT2D eigenvalue weighted by Crippen LogP contribution is 2.17. The van der Waals surface area contributed by atoms with E-state index in [0.717, 1.165) is 18.5 Å². The molecule has 0 aliphatic heterocycles. The van der Waals surface area contributed by atoms with Gasteiger partial charge in [0.15, 0.2) is 0 Å². The van der Waals surface area contributed by atoms with Crippen molar-refractivity contribution in [2.24, 2.45) is 11.5 Å². The van der Waals surface area contributed by atoms with Crippen molar-refractivity contribution in [3.8, 4) is 5.75 Å². The van der Waals surface area contributed by atoms with E-state index in [1.165, 1.54) is 0 Å². The van der Waals surface area contributed by atoms with Crippen molar-refractivity contribution >= 4 is 23.1 Å². The number of hydrogen-bond acceptors (Lipinski definition) is 4. The summed E-state index contributed by atoms with van der Waals surface area (Å²) in [7, 11) is 0. The molecule has 6 heteroatoms. The smallest absolute Gasteiger partial charge is 0.231 e. The predicted octanol–water partition coefficient (Wildman–Crippen LogP) is 1.29. The normalized spacial score (nSPS) is 10.9. The molecule has 21 heavy (non-hydrogen) atoms. The van der Waals surface area contributed by atoms with Gasteiger partial charge in [-0.2, -0.15) is 0 Å². The molecule has 1 amide bonds. The van der Waals surface area contributed by atoms with Crippen LogP contribution in [-0.2, 0) is 4.79 Å². The zero-order chi connectivity index (χ0) is 15.8. The molecule has 1 aromatic rings. The van der Waals surface area contributed by atoms with Crippen LogP contribution in [0.5, 0.6) is 5.75 Å². The minimum Gasteiger partial charge on any atom is -0.493 e. The lowest BCUT2D eigenvalue weighted by molar-refractivity contribution is -0.119. The van der Waals surface area contributed by atoms with Crippen LogP contribution in [0, 0.1) is 0 Å². The molecule has 1 rings (SSSR count). The summed E-state index contributed by atoms with van der Waals surface area (Å²) in [5, 5.41) is 0. The van der Waals surface area contributed by atoms with E-state index in [9.17, 15) is 4.79 Å². The molecule has 1 aromatic carbocycles. The van der Waals surface area contributed by atoms with Gasteiger partial charge in [-0.25, -0.2) is 0 Å². The van der Waals surface area contributed by atoms with Gasteiger partial charge in [0.2, 0.25) is 5.91 Å². The van der Waals surface area contributed by atoms with E-state index in [1.54, 1.807) is 0 Å². The number of nitrogens with zero attached hydrogens (tertiary/aromatic N) is 1. The Bertz CT molecular complexity index is 492. The van der Waals surface area contributed by atoms with Gasteiger partial charge in [0.05, 0.1) is 18.7 Å². The van der Waals surface area contributed by atoms with Crippen molar-refractivity contribution in [2.45, 2.75) is 26.3 Å². The van der Waals surface area contributed by atoms with Gasteiger partial charge in [0, 0.05) is 12.6 Å². The van der Waals surface area contributed by atoms with Crippen LogP contribution in [0.3, 0.4) is 0 Å². The van der Waals surface area contributed by atoms with Crippen LogP contribution in [0.15, 0.2) is 24.3 Å². The largest absolute Gasteiger partial charge is 0.493 e. The first-order chi connectivity index (χ1) is 9.91. The molecular formula is C15H23N3O2S. The van der Waals surface area contributed by atoms with Gasteiger partial charge >= 0.3 is 0 Å². The van der Waals surface area contributed by atoms with Crippen LogP contribution < -0.4 is 16.2 Å². The Balaban J connectivity index is 2.46. The molecule has 0 aliphatic rings. The van der Waals surface area contributed by atoms with Crippen LogP contribution in [0.1, 0.15) is 25.8 Å². The zero-order valence-electron chi connectivity index (χ0n) is 12.5. The molecule has 5 nitrogen and oxygen atoms in total. The second-order valence-electron chi connectivity index (χ2n) is 5.09. The first-order valence-electron chi connectivity index (χ1n) is 6.95. The Morgan fingerprint density at radius 3 is 2.57 bits per heavy atom. The Labute approximate surface area is 131 Å². The summed E-state index contributed by atoms with van der Waals surface area (Å²) >= 11 is 4.99. The summed E-state index contributed by atoms with van der Waals surface area (Å²) < 4.78 is 5.72. The highest BCUT2D eigenvalue weighted by atomic mass is 32.1. The first kappa shape index (κ1) is 17.4. The predicted molar refractivity (Wildman–Crippen MR) is 88.3 cm³/mol. The minimum atomic E-state index is -0.316. The van der Waals surface area contributed by atoms with Crippen LogP contribution in [0.25, 0.3) is 0 Å². The van der Waals surface area contributed by atoms with Crippen molar-refractivity contribution in [1.82, 2.24) is 4.90 Å². The summed E-state index contributed by atoms with van der Waals surface area (Å²) in [6.07, 6.45) is 0.789. The number of primary amides is 1. The van der Waals surface area contributed by atoms with Crippen molar-refractivity contribution < 1.29 is 9.53 Å². The van der Waals surface area contributed by atoms with Gasteiger partial charge in [-0.3, -0.25) is 9.69 Å². The number of rotatable bonds is 9. The van der Waals surface area contributed by atoms with Crippen molar-refractivity contribution in [3.63, 3.8) is 0 Å². The van der Waals surface area contributed by atoms with Crippen molar-refractivity contribution in [1.29, 1.82) is 0 Å². The summed E-state index contributed by atoms with van der Waals surface area (Å²) in [4.78, 5) is 13.4. The van der Waals surface area contributed by atoms with E-state index in [4.69, 9.17) is 28.4 Å². The minimum absolute atomic E-state index is 0.265. The molecule has 0 aromatic heterocycles. The molecule has 0 aliphatic carbocycles. The number of nitrogens with two attached hydrogens (primary N) is 2. The first-order valence-corrected chi connectivity index (χ1v) is 7.36. The molecule has 0 saturated heterocycles. The second kappa shape index (κ2) is 8.59. The van der Waals surface area contributed by atoms with Crippen LogP contribution in [0.4, 0.5) is 0 Å². The van der Waals surface area contributed by atoms with Crippen LogP contribution in [0.2, 0.25) is 0 Å². The lowest BCUT2D eigenvalue weighted by atomic mass is 10.2. The maximum atomic E-state index is 11.0. The SMILES string of the molecule is CC(C)N(CCCOc1ccccc1C(N)=S)CC(N)=O. The highest BCUT2D eigenvalue weighted by Gasteiger charge is 2.12. The number of carbonyl (C=O) groups is 1. The van der Waals surface area contributed by atoms with Gasteiger partial charge in [-0.1, -0.05) is 24.4 Å². The monoisotopic (exact) mass is 309 g/mol. The lowest BCUT2D eigenvalue weighted by Gasteiger charge is -2.24. The maximum Gasteiger partial charge on any atom is 0.231 e. The Morgan fingerprint density at radius 1 is 1.33 bits per heavy atom. The average molecular weight is 309 g/mol. The summed E-state index contributed by atoms with van der Waals surface area (Å²) in [6.45, 7) is 5.61. The number of ether oxygens (including phenoxy) is 1. The van der Waals surface area contributed by atoms with Gasteiger partial charge in [0.25, 0.3) is 0 Å². The van der Waals surface area contributed by atoms with E-state index in [2.05, 4.69) is 0 Å². The molecular weight excluding hydrogens is 286 g/mol. The fraction of sp³-hybridized carbons (Fsp3) is 0.467. The van der Waals surface area contributed by atoms with Crippen LogP contribution in [-0.4, -0.2) is 41.5 Å². The third-order valence-electron chi connectivity index (χ3n) is 3.09. The molecule has 0 bridgehead atoms. The summed E-state index contributed by atoms with van der Waals surface area (Å²) in [5.41, 5.74) is 11.6. The Hall–Kier alpha value is -1.66. The van der Waals surface area contributed by atoms with E-state index < -0.39 is 0 Å². The fourth-order valence-electron chi connectivity index (χ4n) is 1.97. The van der Waals surface area contributed by atoms with Gasteiger partial charge < -0.3 is 16.2 Å². The summed E-state index contributed by atoms with van der Waals surface area (Å²) in [6, 6.07) is 7.70. The quantitative estimate of drug-likeness (QED) is 0.530. The number of hydrogen-bond donors (Lipinski definition) is 2. The number of para-hydroxylation sites is 1. The molecule has 0 saturated carbocycles. The Morgan fingerprint density at radius 2 is 2.00 bits per heavy atom. The van der Waals surface area contributed by atoms with E-state index in [-0.39, 0.29) is 18.5 Å². The molecule has 4 N–H and O–H groups in total. The number of carbonyl (C=O) groups excluding carboxylic acids is 1. The molecule has 0 atom stereocenters. The van der Waals surface area contributed by atoms with E-state index in [1.807, 2.05) is 43.0 Å². The molecule has 0 radical (unpaired) electrons. The van der Waals surface area contributed by atoms with Gasteiger partial charge in [-0.05, 0) is 32.4 Å². The van der Waals surface area contributed by atoms with Gasteiger partial charge in [0.1, 0.15) is 10.7 Å². The Kier molecular flexibility index (Phi) is 7.11. The van der Waals surface area contributed by atoms with E-state index in [0.29, 0.717) is 17.3 Å². The lowest BCUT2D eigenvalue weighted by Crippen LogP contribution is -2.39. The number of amides is 1. The topological polar surface area (TPSA) is 81.6 Å². The van der Waals surface area contributed by atoms with Crippen molar-refractivity contribution in [2.75, 3.05) is 19.7 Å². The molecule has 116 valence electrons. The molecule has 0 fully saturated rings. The third-order valence-corrected chi connectivity index (χ3v) is 3.31. The standard InChI is InChI=1S/C15H23N3O2S/c1-11(2)18(10-14(16)19)8-5-9-20-13-7-4-3-6-12(13)15(17)21/h3-4,6-7,11H,5,8-10H2,1-2H3,(H2,16,19)(H2,17,21). The summed E-state index contributed by atoms with van der Waals surface area (Å²) in [5.74, 6) is 0.374. The molecule has 0 heterocycles. The van der Waals surface area contributed by atoms with Crippen LogP contribution >= 0.6 is 12.2 Å². The van der Waals surface area contributed by atoms with Crippen molar-refractivity contribution in [3.05, 3.63) is 29.8 Å². The second-order valence-corrected chi connectivity index (χ2v) is 5.53. The highest BCUT2D eigenvalue weighted by molar-refractivity contribution is 7.80. The van der Waals surface area contributed by atoms with Gasteiger partial charge in [-0.15, -0.1) is 0 Å². The zero-order valence-corrected chi connectivity index (χ0v) is 13.4. The third kappa shape index (κ3) is 6.10. The number of benzene rings is 1.